The standard InChI is InChI=1S/C28H40N2O5S/c1-20-16-26(30(36(4,31)32)18-21-10-13-24(33-2)14-11-21)25(29-20)19-35-27-15-12-23(17-28(27)34-3)22-8-6-5-7-9-22/h5-11,13-14,20,23,25-29H,12,15-19H2,1-4H3/t20-,23?,25+,26+,27?,28?/m1/s1. The van der Waals surface area contributed by atoms with Gasteiger partial charge in [0.25, 0.3) is 0 Å². The van der Waals surface area contributed by atoms with Gasteiger partial charge in [-0.05, 0) is 61.8 Å². The molecule has 1 saturated heterocycles. The van der Waals surface area contributed by atoms with Crippen LogP contribution in [0.2, 0.25) is 0 Å². The molecule has 8 heteroatoms. The summed E-state index contributed by atoms with van der Waals surface area (Å²) in [6.07, 6.45) is 4.96. The minimum Gasteiger partial charge on any atom is -0.497 e. The molecule has 4 rings (SSSR count). The number of benzene rings is 2. The number of hydrogen-bond donors (Lipinski definition) is 1. The number of ether oxygens (including phenoxy) is 3. The highest BCUT2D eigenvalue weighted by molar-refractivity contribution is 7.88. The smallest absolute Gasteiger partial charge is 0.211 e. The van der Waals surface area contributed by atoms with Crippen LogP contribution < -0.4 is 10.1 Å². The lowest BCUT2D eigenvalue weighted by atomic mass is 9.81. The van der Waals surface area contributed by atoms with Crippen molar-refractivity contribution in [3.05, 3.63) is 65.7 Å². The average molecular weight is 517 g/mol. The fraction of sp³-hybridized carbons (Fsp3) is 0.571. The molecule has 0 spiro atoms. The predicted octanol–water partition coefficient (Wildman–Crippen LogP) is 3.94. The molecule has 2 fully saturated rings. The minimum atomic E-state index is -3.43. The molecule has 7 nitrogen and oxygen atoms in total. The van der Waals surface area contributed by atoms with E-state index in [9.17, 15) is 8.42 Å². The van der Waals surface area contributed by atoms with Crippen molar-refractivity contribution in [3.8, 4) is 5.75 Å². The molecule has 1 N–H and O–H groups in total. The Bertz CT molecular complexity index is 1060. The lowest BCUT2D eigenvalue weighted by Crippen LogP contribution is -2.49. The molecule has 1 heterocycles. The highest BCUT2D eigenvalue weighted by atomic mass is 32.2. The Labute approximate surface area is 216 Å². The maximum Gasteiger partial charge on any atom is 0.211 e. The zero-order chi connectivity index (χ0) is 25.7. The van der Waals surface area contributed by atoms with Crippen molar-refractivity contribution in [2.75, 3.05) is 27.1 Å². The third kappa shape index (κ3) is 6.66. The lowest BCUT2D eigenvalue weighted by molar-refractivity contribution is -0.0866. The SMILES string of the molecule is COc1ccc(CN([C@H]2C[C@@H](C)N[C@H]2COC2CCC(c3ccccc3)CC2OC)S(C)(=O)=O)cc1. The van der Waals surface area contributed by atoms with Gasteiger partial charge < -0.3 is 19.5 Å². The number of methoxy groups -OCH3 is 2. The first-order valence-electron chi connectivity index (χ1n) is 12.8. The third-order valence-electron chi connectivity index (χ3n) is 7.65. The van der Waals surface area contributed by atoms with Gasteiger partial charge in [0.15, 0.2) is 0 Å². The van der Waals surface area contributed by atoms with Gasteiger partial charge >= 0.3 is 0 Å². The van der Waals surface area contributed by atoms with Crippen LogP contribution in [0, 0.1) is 0 Å². The minimum absolute atomic E-state index is 0.00147. The van der Waals surface area contributed by atoms with E-state index in [1.807, 2.05) is 30.3 Å². The van der Waals surface area contributed by atoms with E-state index in [1.165, 1.54) is 11.8 Å². The molecule has 198 valence electrons. The number of rotatable bonds is 10. The first kappa shape index (κ1) is 27.1. The first-order chi connectivity index (χ1) is 17.3. The monoisotopic (exact) mass is 516 g/mol. The van der Waals surface area contributed by atoms with Gasteiger partial charge in [-0.25, -0.2) is 8.42 Å². The summed E-state index contributed by atoms with van der Waals surface area (Å²) in [5.41, 5.74) is 2.28. The molecule has 0 bridgehead atoms. The Morgan fingerprint density at radius 1 is 0.972 bits per heavy atom. The van der Waals surface area contributed by atoms with Gasteiger partial charge in [0, 0.05) is 31.8 Å². The summed E-state index contributed by atoms with van der Waals surface area (Å²) in [7, 11) is -0.0547. The Hall–Kier alpha value is -1.97. The van der Waals surface area contributed by atoms with Crippen LogP contribution in [0.5, 0.6) is 5.75 Å². The summed E-state index contributed by atoms with van der Waals surface area (Å²) in [5, 5.41) is 3.58. The van der Waals surface area contributed by atoms with Crippen LogP contribution in [0.25, 0.3) is 0 Å². The molecule has 0 radical (unpaired) electrons. The molecule has 1 aliphatic heterocycles. The number of nitrogens with one attached hydrogen (secondary N) is 1. The van der Waals surface area contributed by atoms with E-state index >= 15 is 0 Å². The Kier molecular flexibility index (Phi) is 9.06. The fourth-order valence-electron chi connectivity index (χ4n) is 5.74. The topological polar surface area (TPSA) is 77.1 Å². The molecule has 0 aromatic heterocycles. The van der Waals surface area contributed by atoms with Crippen LogP contribution in [0.1, 0.15) is 49.7 Å². The summed E-state index contributed by atoms with van der Waals surface area (Å²) in [4.78, 5) is 0. The van der Waals surface area contributed by atoms with E-state index in [1.54, 1.807) is 18.5 Å². The van der Waals surface area contributed by atoms with Gasteiger partial charge in [-0.1, -0.05) is 42.5 Å². The molecule has 1 saturated carbocycles. The zero-order valence-corrected chi connectivity index (χ0v) is 22.6. The molecule has 36 heavy (non-hydrogen) atoms. The summed E-state index contributed by atoms with van der Waals surface area (Å²) in [5.74, 6) is 1.22. The highest BCUT2D eigenvalue weighted by Gasteiger charge is 2.41. The summed E-state index contributed by atoms with van der Waals surface area (Å²) >= 11 is 0. The largest absolute Gasteiger partial charge is 0.497 e. The summed E-state index contributed by atoms with van der Waals surface area (Å²) < 4.78 is 44.9. The fourth-order valence-corrected chi connectivity index (χ4v) is 6.84. The van der Waals surface area contributed by atoms with Crippen LogP contribution in [0.4, 0.5) is 0 Å². The van der Waals surface area contributed by atoms with Crippen LogP contribution in [0.3, 0.4) is 0 Å². The first-order valence-corrected chi connectivity index (χ1v) is 14.7. The molecule has 0 amide bonds. The van der Waals surface area contributed by atoms with Crippen molar-refractivity contribution in [1.82, 2.24) is 9.62 Å². The van der Waals surface area contributed by atoms with Gasteiger partial charge in [-0.3, -0.25) is 0 Å². The Morgan fingerprint density at radius 3 is 2.33 bits per heavy atom. The Balaban J connectivity index is 1.42. The van der Waals surface area contributed by atoms with E-state index < -0.39 is 10.0 Å². The van der Waals surface area contributed by atoms with E-state index in [4.69, 9.17) is 14.2 Å². The number of hydrogen-bond acceptors (Lipinski definition) is 6. The predicted molar refractivity (Wildman–Crippen MR) is 142 cm³/mol. The molecule has 6 atom stereocenters. The van der Waals surface area contributed by atoms with Gasteiger partial charge in [-0.2, -0.15) is 4.31 Å². The van der Waals surface area contributed by atoms with Gasteiger partial charge in [0.05, 0.1) is 32.2 Å². The number of sulfonamides is 1. The molecule has 1 aliphatic carbocycles. The second-order valence-corrected chi connectivity index (χ2v) is 12.1. The van der Waals surface area contributed by atoms with Crippen LogP contribution >= 0.6 is 0 Å². The average Bonchev–Trinajstić information content (AvgIpc) is 3.25. The molecular formula is C28H40N2O5S. The molecule has 2 aromatic carbocycles. The summed E-state index contributed by atoms with van der Waals surface area (Å²) in [6, 6.07) is 18.1. The second-order valence-electron chi connectivity index (χ2n) is 10.2. The van der Waals surface area contributed by atoms with Crippen molar-refractivity contribution < 1.29 is 22.6 Å². The second kappa shape index (κ2) is 12.0. The maximum atomic E-state index is 12.9. The van der Waals surface area contributed by atoms with E-state index in [0.717, 1.165) is 37.0 Å². The van der Waals surface area contributed by atoms with Crippen LogP contribution in [-0.4, -0.2) is 70.1 Å². The van der Waals surface area contributed by atoms with Gasteiger partial charge in [-0.15, -0.1) is 0 Å². The van der Waals surface area contributed by atoms with Crippen molar-refractivity contribution in [1.29, 1.82) is 0 Å². The van der Waals surface area contributed by atoms with Crippen molar-refractivity contribution in [2.45, 2.75) is 75.4 Å². The van der Waals surface area contributed by atoms with E-state index in [-0.39, 0.29) is 30.3 Å². The quantitative estimate of drug-likeness (QED) is 0.516. The number of nitrogens with zero attached hydrogens (tertiary/aromatic N) is 1. The molecule has 3 unspecified atom stereocenters. The highest BCUT2D eigenvalue weighted by Crippen LogP contribution is 2.36. The normalized spacial score (nSPS) is 28.9. The molecule has 2 aliphatic rings. The Morgan fingerprint density at radius 2 is 1.69 bits per heavy atom. The van der Waals surface area contributed by atoms with Crippen LogP contribution in [0.15, 0.2) is 54.6 Å². The maximum absolute atomic E-state index is 12.9. The zero-order valence-electron chi connectivity index (χ0n) is 21.8. The van der Waals surface area contributed by atoms with E-state index in [2.05, 4.69) is 36.5 Å². The van der Waals surface area contributed by atoms with Crippen molar-refractivity contribution in [3.63, 3.8) is 0 Å². The molecule has 2 aromatic rings. The molecular weight excluding hydrogens is 476 g/mol. The van der Waals surface area contributed by atoms with Gasteiger partial charge in [0.1, 0.15) is 5.75 Å². The van der Waals surface area contributed by atoms with Crippen LogP contribution in [-0.2, 0) is 26.0 Å². The van der Waals surface area contributed by atoms with Crippen molar-refractivity contribution >= 4 is 10.0 Å². The van der Waals surface area contributed by atoms with Gasteiger partial charge in [0.2, 0.25) is 10.0 Å². The van der Waals surface area contributed by atoms with E-state index in [0.29, 0.717) is 19.1 Å². The summed E-state index contributed by atoms with van der Waals surface area (Å²) in [6.45, 7) is 2.87. The lowest BCUT2D eigenvalue weighted by Gasteiger charge is -2.37. The van der Waals surface area contributed by atoms with Crippen molar-refractivity contribution in [2.24, 2.45) is 0 Å². The third-order valence-corrected chi connectivity index (χ3v) is 8.90.